The van der Waals surface area contributed by atoms with Crippen LogP contribution in [-0.2, 0) is 0 Å². The first-order valence-electron chi connectivity index (χ1n) is 3.25. The molecule has 1 aromatic rings. The van der Waals surface area contributed by atoms with E-state index >= 15 is 0 Å². The predicted octanol–water partition coefficient (Wildman–Crippen LogP) is 2.74. The molecule has 0 aromatic heterocycles. The van der Waals surface area contributed by atoms with Gasteiger partial charge in [-0.3, -0.25) is 0 Å². The fourth-order valence-corrected chi connectivity index (χ4v) is 1.78. The van der Waals surface area contributed by atoms with E-state index in [9.17, 15) is 4.79 Å². The van der Waals surface area contributed by atoms with E-state index in [-0.39, 0.29) is 5.56 Å². The van der Waals surface area contributed by atoms with Crippen molar-refractivity contribution in [1.82, 2.24) is 0 Å². The summed E-state index contributed by atoms with van der Waals surface area (Å²) in [5, 5.41) is 8.76. The number of thiol groups is 1. The summed E-state index contributed by atoms with van der Waals surface area (Å²) in [4.78, 5) is 11.3. The SMILES string of the molecule is Cc1c(Br)cc(S)cc1C(=O)O. The molecule has 0 saturated heterocycles. The summed E-state index contributed by atoms with van der Waals surface area (Å²) in [5.74, 6) is -0.927. The lowest BCUT2D eigenvalue weighted by Gasteiger charge is -2.03. The molecule has 0 aliphatic carbocycles. The highest BCUT2D eigenvalue weighted by Gasteiger charge is 2.09. The van der Waals surface area contributed by atoms with Gasteiger partial charge in [0.25, 0.3) is 0 Å². The minimum Gasteiger partial charge on any atom is -0.478 e. The van der Waals surface area contributed by atoms with Crippen molar-refractivity contribution in [2.75, 3.05) is 0 Å². The maximum atomic E-state index is 10.7. The van der Waals surface area contributed by atoms with E-state index in [0.29, 0.717) is 4.90 Å². The zero-order chi connectivity index (χ0) is 9.30. The van der Waals surface area contributed by atoms with Crippen LogP contribution in [0.4, 0.5) is 0 Å². The number of halogens is 1. The van der Waals surface area contributed by atoms with Gasteiger partial charge in [-0.05, 0) is 24.6 Å². The quantitative estimate of drug-likeness (QED) is 0.748. The van der Waals surface area contributed by atoms with Gasteiger partial charge >= 0.3 is 5.97 Å². The molecule has 0 aliphatic rings. The van der Waals surface area contributed by atoms with Gasteiger partial charge in [0.15, 0.2) is 0 Å². The Kier molecular flexibility index (Phi) is 2.80. The summed E-state index contributed by atoms with van der Waals surface area (Å²) in [6.07, 6.45) is 0. The van der Waals surface area contributed by atoms with Crippen LogP contribution in [0.2, 0.25) is 0 Å². The Morgan fingerprint density at radius 2 is 2.17 bits per heavy atom. The highest BCUT2D eigenvalue weighted by atomic mass is 79.9. The van der Waals surface area contributed by atoms with Crippen LogP contribution in [0.15, 0.2) is 21.5 Å². The average Bonchev–Trinajstić information content (AvgIpc) is 1.96. The fourth-order valence-electron chi connectivity index (χ4n) is 0.887. The molecule has 0 atom stereocenters. The molecule has 4 heteroatoms. The Morgan fingerprint density at radius 3 is 2.67 bits per heavy atom. The number of benzene rings is 1. The third-order valence-electron chi connectivity index (χ3n) is 1.56. The summed E-state index contributed by atoms with van der Waals surface area (Å²) in [6, 6.07) is 3.30. The van der Waals surface area contributed by atoms with Crippen LogP contribution in [0.1, 0.15) is 15.9 Å². The molecular formula is C8H7BrO2S. The fraction of sp³-hybridized carbons (Fsp3) is 0.125. The largest absolute Gasteiger partial charge is 0.478 e. The Labute approximate surface area is 84.1 Å². The molecule has 0 unspecified atom stereocenters. The molecule has 1 rings (SSSR count). The second kappa shape index (κ2) is 3.49. The number of carboxylic acids is 1. The number of carbonyl (C=O) groups is 1. The van der Waals surface area contributed by atoms with Gasteiger partial charge < -0.3 is 5.11 Å². The molecule has 0 radical (unpaired) electrons. The monoisotopic (exact) mass is 246 g/mol. The van der Waals surface area contributed by atoms with E-state index in [1.165, 1.54) is 6.07 Å². The number of aromatic carboxylic acids is 1. The lowest BCUT2D eigenvalue weighted by molar-refractivity contribution is 0.0695. The number of hydrogen-bond donors (Lipinski definition) is 2. The highest BCUT2D eigenvalue weighted by Crippen LogP contribution is 2.23. The standard InChI is InChI=1S/C8H7BrO2S/c1-4-6(8(10)11)2-5(12)3-7(4)9/h2-3,12H,1H3,(H,10,11). The molecule has 0 saturated carbocycles. The minimum atomic E-state index is -0.927. The molecule has 1 N–H and O–H groups in total. The minimum absolute atomic E-state index is 0.286. The van der Waals surface area contributed by atoms with Gasteiger partial charge in [0.2, 0.25) is 0 Å². The topological polar surface area (TPSA) is 37.3 Å². The normalized spacial score (nSPS) is 9.92. The van der Waals surface area contributed by atoms with Gasteiger partial charge in [-0.25, -0.2) is 4.79 Å². The summed E-state index contributed by atoms with van der Waals surface area (Å²) in [6.45, 7) is 1.75. The third-order valence-corrected chi connectivity index (χ3v) is 2.64. The van der Waals surface area contributed by atoms with Gasteiger partial charge in [0, 0.05) is 9.37 Å². The highest BCUT2D eigenvalue weighted by molar-refractivity contribution is 9.10. The van der Waals surface area contributed by atoms with Crippen LogP contribution >= 0.6 is 28.6 Å². The first-order chi connectivity index (χ1) is 5.52. The first-order valence-corrected chi connectivity index (χ1v) is 4.49. The molecule has 0 fully saturated rings. The van der Waals surface area contributed by atoms with Crippen molar-refractivity contribution < 1.29 is 9.90 Å². The molecule has 0 spiro atoms. The zero-order valence-corrected chi connectivity index (χ0v) is 8.82. The molecule has 12 heavy (non-hydrogen) atoms. The van der Waals surface area contributed by atoms with Crippen molar-refractivity contribution >= 4 is 34.5 Å². The van der Waals surface area contributed by atoms with Crippen molar-refractivity contribution in [2.24, 2.45) is 0 Å². The Morgan fingerprint density at radius 1 is 1.58 bits per heavy atom. The predicted molar refractivity (Wildman–Crippen MR) is 53.1 cm³/mol. The van der Waals surface area contributed by atoms with E-state index in [1.807, 2.05) is 0 Å². The van der Waals surface area contributed by atoms with E-state index in [0.717, 1.165) is 10.0 Å². The van der Waals surface area contributed by atoms with Crippen LogP contribution in [0.25, 0.3) is 0 Å². The third kappa shape index (κ3) is 1.81. The van der Waals surface area contributed by atoms with E-state index in [2.05, 4.69) is 28.6 Å². The van der Waals surface area contributed by atoms with Gasteiger partial charge in [-0.1, -0.05) is 15.9 Å². The molecular weight excluding hydrogens is 240 g/mol. The molecule has 1 aromatic carbocycles. The van der Waals surface area contributed by atoms with Crippen LogP contribution < -0.4 is 0 Å². The van der Waals surface area contributed by atoms with Crippen LogP contribution in [0, 0.1) is 6.92 Å². The van der Waals surface area contributed by atoms with Gasteiger partial charge in [0.05, 0.1) is 5.56 Å². The smallest absolute Gasteiger partial charge is 0.336 e. The van der Waals surface area contributed by atoms with Crippen molar-refractivity contribution in [3.8, 4) is 0 Å². The van der Waals surface area contributed by atoms with Crippen LogP contribution in [-0.4, -0.2) is 11.1 Å². The Hall–Kier alpha value is -0.480. The summed E-state index contributed by atoms with van der Waals surface area (Å²) in [5.41, 5.74) is 1.01. The van der Waals surface area contributed by atoms with Crippen LogP contribution in [0.3, 0.4) is 0 Å². The number of rotatable bonds is 1. The van der Waals surface area contributed by atoms with E-state index < -0.39 is 5.97 Å². The number of hydrogen-bond acceptors (Lipinski definition) is 2. The molecule has 0 heterocycles. The maximum absolute atomic E-state index is 10.7. The second-order valence-corrected chi connectivity index (χ2v) is 3.78. The van der Waals surface area contributed by atoms with Gasteiger partial charge in [0.1, 0.15) is 0 Å². The average molecular weight is 247 g/mol. The van der Waals surface area contributed by atoms with E-state index in [1.54, 1.807) is 13.0 Å². The van der Waals surface area contributed by atoms with Crippen molar-refractivity contribution in [3.63, 3.8) is 0 Å². The lowest BCUT2D eigenvalue weighted by Crippen LogP contribution is -2.00. The van der Waals surface area contributed by atoms with Gasteiger partial charge in [-0.2, -0.15) is 0 Å². The van der Waals surface area contributed by atoms with Crippen molar-refractivity contribution in [2.45, 2.75) is 11.8 Å². The number of carboxylic acid groups (broad SMARTS) is 1. The van der Waals surface area contributed by atoms with Crippen molar-refractivity contribution in [1.29, 1.82) is 0 Å². The van der Waals surface area contributed by atoms with Crippen molar-refractivity contribution in [3.05, 3.63) is 27.7 Å². The first kappa shape index (κ1) is 9.61. The van der Waals surface area contributed by atoms with Crippen LogP contribution in [0.5, 0.6) is 0 Å². The Bertz CT molecular complexity index is 336. The maximum Gasteiger partial charge on any atom is 0.336 e. The summed E-state index contributed by atoms with van der Waals surface area (Å²) in [7, 11) is 0. The zero-order valence-electron chi connectivity index (χ0n) is 6.34. The molecule has 0 bridgehead atoms. The Balaban J connectivity index is 3.37. The summed E-state index contributed by atoms with van der Waals surface area (Å²) < 4.78 is 0.771. The van der Waals surface area contributed by atoms with Gasteiger partial charge in [-0.15, -0.1) is 12.6 Å². The molecule has 64 valence electrons. The second-order valence-electron chi connectivity index (χ2n) is 2.41. The molecule has 0 aliphatic heterocycles. The summed E-state index contributed by atoms with van der Waals surface area (Å²) >= 11 is 7.33. The molecule has 0 amide bonds. The van der Waals surface area contributed by atoms with E-state index in [4.69, 9.17) is 5.11 Å². The molecule has 2 nitrogen and oxygen atoms in total. The lowest BCUT2D eigenvalue weighted by atomic mass is 10.1.